The van der Waals surface area contributed by atoms with Gasteiger partial charge in [-0.15, -0.1) is 10.2 Å². The lowest BCUT2D eigenvalue weighted by molar-refractivity contribution is 0.392. The van der Waals surface area contributed by atoms with Crippen molar-refractivity contribution in [2.45, 2.75) is 30.6 Å². The van der Waals surface area contributed by atoms with Crippen LogP contribution in [0.1, 0.15) is 24.0 Å². The molecule has 4 rings (SSSR count). The summed E-state index contributed by atoms with van der Waals surface area (Å²) in [6.45, 7) is 0. The van der Waals surface area contributed by atoms with E-state index in [1.165, 1.54) is 19.1 Å². The fourth-order valence-corrected chi connectivity index (χ4v) is 4.49. The van der Waals surface area contributed by atoms with Crippen LogP contribution in [-0.4, -0.2) is 25.7 Å². The van der Waals surface area contributed by atoms with Crippen LogP contribution >= 0.6 is 0 Å². The largest absolute Gasteiger partial charge is 0.480 e. The Morgan fingerprint density at radius 2 is 1.64 bits per heavy atom. The number of sulfonamides is 1. The molecule has 0 bridgehead atoms. The maximum absolute atomic E-state index is 12.8. The van der Waals surface area contributed by atoms with Gasteiger partial charge in [-0.05, 0) is 67.1 Å². The molecule has 1 aromatic heterocycles. The Hall–Kier alpha value is -2.93. The maximum atomic E-state index is 12.8. The standard InChI is InChI=1S/C21H21N3O3S/c1-27-21-13-12-20(22-23-21)16-6-9-18(10-7-16)24-28(25,26)19-11-8-15-4-2-3-5-17(15)14-19/h6-14,24H,2-5H2,1H3. The Labute approximate surface area is 164 Å². The van der Waals surface area contributed by atoms with E-state index in [2.05, 4.69) is 14.9 Å². The van der Waals surface area contributed by atoms with Gasteiger partial charge in [-0.25, -0.2) is 8.42 Å². The zero-order chi connectivity index (χ0) is 19.6. The zero-order valence-corrected chi connectivity index (χ0v) is 16.4. The molecule has 0 amide bonds. The molecule has 1 N–H and O–H groups in total. The van der Waals surface area contributed by atoms with Crippen molar-refractivity contribution in [1.82, 2.24) is 10.2 Å². The lowest BCUT2D eigenvalue weighted by atomic mass is 9.92. The molecule has 1 aliphatic rings. The molecule has 28 heavy (non-hydrogen) atoms. The summed E-state index contributed by atoms with van der Waals surface area (Å²) in [4.78, 5) is 0.304. The number of nitrogens with zero attached hydrogens (tertiary/aromatic N) is 2. The van der Waals surface area contributed by atoms with Crippen LogP contribution in [0.15, 0.2) is 59.5 Å². The minimum atomic E-state index is -3.63. The first-order chi connectivity index (χ1) is 13.5. The first-order valence-electron chi connectivity index (χ1n) is 9.18. The number of hydrogen-bond donors (Lipinski definition) is 1. The number of hydrogen-bond acceptors (Lipinski definition) is 5. The first-order valence-corrected chi connectivity index (χ1v) is 10.7. The van der Waals surface area contributed by atoms with E-state index < -0.39 is 10.0 Å². The Balaban J connectivity index is 1.53. The van der Waals surface area contributed by atoms with E-state index in [-0.39, 0.29) is 0 Å². The average molecular weight is 395 g/mol. The molecule has 0 radical (unpaired) electrons. The molecule has 0 spiro atoms. The van der Waals surface area contributed by atoms with Gasteiger partial charge in [0, 0.05) is 17.3 Å². The van der Waals surface area contributed by atoms with Crippen molar-refractivity contribution < 1.29 is 13.2 Å². The van der Waals surface area contributed by atoms with E-state index in [1.807, 2.05) is 6.07 Å². The molecule has 0 atom stereocenters. The third-order valence-electron chi connectivity index (χ3n) is 4.91. The molecule has 3 aromatic rings. The number of nitrogens with one attached hydrogen (secondary N) is 1. The van der Waals surface area contributed by atoms with Crippen LogP contribution in [0.25, 0.3) is 11.3 Å². The highest BCUT2D eigenvalue weighted by molar-refractivity contribution is 7.92. The average Bonchev–Trinajstić information content (AvgIpc) is 2.74. The third kappa shape index (κ3) is 3.84. The second-order valence-electron chi connectivity index (χ2n) is 6.78. The predicted molar refractivity (Wildman–Crippen MR) is 108 cm³/mol. The number of aryl methyl sites for hydroxylation is 2. The molecule has 144 valence electrons. The highest BCUT2D eigenvalue weighted by Gasteiger charge is 2.18. The SMILES string of the molecule is COc1ccc(-c2ccc(NS(=O)(=O)c3ccc4c(c3)CCCC4)cc2)nn1. The summed E-state index contributed by atoms with van der Waals surface area (Å²) in [6.07, 6.45) is 4.25. The van der Waals surface area contributed by atoms with E-state index in [4.69, 9.17) is 4.74 Å². The molecule has 0 aliphatic heterocycles. The van der Waals surface area contributed by atoms with E-state index >= 15 is 0 Å². The number of rotatable bonds is 5. The van der Waals surface area contributed by atoms with Crippen molar-refractivity contribution in [3.05, 3.63) is 65.7 Å². The normalized spacial score (nSPS) is 13.6. The van der Waals surface area contributed by atoms with Crippen molar-refractivity contribution in [2.24, 2.45) is 0 Å². The molecule has 0 saturated carbocycles. The maximum Gasteiger partial charge on any atom is 0.261 e. The summed E-state index contributed by atoms with van der Waals surface area (Å²) in [7, 11) is -2.09. The van der Waals surface area contributed by atoms with Crippen LogP contribution in [0.2, 0.25) is 0 Å². The van der Waals surface area contributed by atoms with E-state index in [9.17, 15) is 8.42 Å². The summed E-state index contributed by atoms with van der Waals surface area (Å²) in [5.74, 6) is 0.443. The van der Waals surface area contributed by atoms with Gasteiger partial charge in [-0.3, -0.25) is 4.72 Å². The molecular formula is C21H21N3O3S. The number of fused-ring (bicyclic) bond motifs is 1. The van der Waals surface area contributed by atoms with Crippen molar-refractivity contribution in [3.63, 3.8) is 0 Å². The van der Waals surface area contributed by atoms with Gasteiger partial charge in [0.25, 0.3) is 10.0 Å². The van der Waals surface area contributed by atoms with Crippen LogP contribution in [0.5, 0.6) is 5.88 Å². The number of methoxy groups -OCH3 is 1. The second-order valence-corrected chi connectivity index (χ2v) is 8.46. The molecule has 1 heterocycles. The molecule has 0 fully saturated rings. The van der Waals surface area contributed by atoms with Gasteiger partial charge in [0.05, 0.1) is 17.7 Å². The molecular weight excluding hydrogens is 374 g/mol. The van der Waals surface area contributed by atoms with Crippen molar-refractivity contribution in [3.8, 4) is 17.1 Å². The zero-order valence-electron chi connectivity index (χ0n) is 15.6. The van der Waals surface area contributed by atoms with E-state index in [0.29, 0.717) is 22.2 Å². The van der Waals surface area contributed by atoms with Gasteiger partial charge < -0.3 is 4.74 Å². The van der Waals surface area contributed by atoms with Crippen molar-refractivity contribution >= 4 is 15.7 Å². The molecule has 1 aliphatic carbocycles. The van der Waals surface area contributed by atoms with Gasteiger partial charge in [0.2, 0.25) is 5.88 Å². The molecule has 6 nitrogen and oxygen atoms in total. The summed E-state index contributed by atoms with van der Waals surface area (Å²) in [5.41, 5.74) is 4.43. The smallest absolute Gasteiger partial charge is 0.261 e. The van der Waals surface area contributed by atoms with Gasteiger partial charge in [-0.1, -0.05) is 18.2 Å². The Morgan fingerprint density at radius 1 is 0.893 bits per heavy atom. The minimum absolute atomic E-state index is 0.304. The number of ether oxygens (including phenoxy) is 1. The Kier molecular flexibility index (Phi) is 5.00. The van der Waals surface area contributed by atoms with Crippen LogP contribution in [-0.2, 0) is 22.9 Å². The molecule has 0 unspecified atom stereocenters. The Morgan fingerprint density at radius 3 is 2.32 bits per heavy atom. The Bertz CT molecular complexity index is 1080. The summed E-state index contributed by atoms with van der Waals surface area (Å²) < 4.78 is 33.2. The predicted octanol–water partition coefficient (Wildman–Crippen LogP) is 3.83. The summed E-state index contributed by atoms with van der Waals surface area (Å²) >= 11 is 0. The summed E-state index contributed by atoms with van der Waals surface area (Å²) in [5, 5.41) is 8.05. The monoisotopic (exact) mass is 395 g/mol. The molecule has 2 aromatic carbocycles. The fraction of sp³-hybridized carbons (Fsp3) is 0.238. The van der Waals surface area contributed by atoms with E-state index in [1.54, 1.807) is 48.5 Å². The van der Waals surface area contributed by atoms with Gasteiger partial charge in [0.15, 0.2) is 0 Å². The van der Waals surface area contributed by atoms with E-state index in [0.717, 1.165) is 30.4 Å². The summed E-state index contributed by atoms with van der Waals surface area (Å²) in [6, 6.07) is 16.0. The number of benzene rings is 2. The molecule has 7 heteroatoms. The second kappa shape index (κ2) is 7.59. The van der Waals surface area contributed by atoms with Crippen molar-refractivity contribution in [2.75, 3.05) is 11.8 Å². The minimum Gasteiger partial charge on any atom is -0.480 e. The van der Waals surface area contributed by atoms with Crippen LogP contribution in [0, 0.1) is 0 Å². The van der Waals surface area contributed by atoms with Crippen molar-refractivity contribution in [1.29, 1.82) is 0 Å². The highest BCUT2D eigenvalue weighted by Crippen LogP contribution is 2.26. The molecule has 0 saturated heterocycles. The van der Waals surface area contributed by atoms with Gasteiger partial charge in [-0.2, -0.15) is 0 Å². The van der Waals surface area contributed by atoms with Crippen LogP contribution < -0.4 is 9.46 Å². The van der Waals surface area contributed by atoms with Gasteiger partial charge in [0.1, 0.15) is 0 Å². The quantitative estimate of drug-likeness (QED) is 0.710. The lowest BCUT2D eigenvalue weighted by Gasteiger charge is -2.17. The van der Waals surface area contributed by atoms with Crippen LogP contribution in [0.4, 0.5) is 5.69 Å². The fourth-order valence-electron chi connectivity index (χ4n) is 3.38. The lowest BCUT2D eigenvalue weighted by Crippen LogP contribution is -2.14. The highest BCUT2D eigenvalue weighted by atomic mass is 32.2. The third-order valence-corrected chi connectivity index (χ3v) is 6.29. The topological polar surface area (TPSA) is 81.2 Å². The number of anilines is 1. The first kappa shape index (κ1) is 18.4. The van der Waals surface area contributed by atoms with Crippen LogP contribution in [0.3, 0.4) is 0 Å². The van der Waals surface area contributed by atoms with Gasteiger partial charge >= 0.3 is 0 Å². The number of aromatic nitrogens is 2.